The topological polar surface area (TPSA) is 47.9 Å². The highest BCUT2D eigenvalue weighted by Crippen LogP contribution is 2.29. The van der Waals surface area contributed by atoms with Crippen LogP contribution in [0.1, 0.15) is 30.5 Å². The van der Waals surface area contributed by atoms with Crippen molar-refractivity contribution >= 4 is 12.0 Å². The highest BCUT2D eigenvalue weighted by Gasteiger charge is 2.29. The van der Waals surface area contributed by atoms with E-state index in [1.807, 2.05) is 31.2 Å². The molecule has 2 aromatic rings. The number of hydrogen-bond acceptors (Lipinski definition) is 4. The Morgan fingerprint density at radius 2 is 1.68 bits per heavy atom. The number of carbonyl (C=O) groups excluding carboxylic acids is 1. The van der Waals surface area contributed by atoms with E-state index in [-0.39, 0.29) is 18.3 Å². The van der Waals surface area contributed by atoms with Gasteiger partial charge in [-0.3, -0.25) is 4.79 Å². The van der Waals surface area contributed by atoms with Crippen LogP contribution in [0.15, 0.2) is 53.7 Å². The average molecular weight is 393 g/mol. The summed E-state index contributed by atoms with van der Waals surface area (Å²) in [5.74, 6) is 0.630. The Kier molecular flexibility index (Phi) is 7.61. The molecule has 0 heterocycles. The largest absolute Gasteiger partial charge is 0.493 e. The van der Waals surface area contributed by atoms with Gasteiger partial charge in [0.15, 0.2) is 0 Å². The van der Waals surface area contributed by atoms with E-state index in [9.17, 15) is 18.0 Å². The minimum absolute atomic E-state index is 0.0872. The molecule has 0 aromatic heterocycles. The smallest absolute Gasteiger partial charge is 0.416 e. The second kappa shape index (κ2) is 9.92. The second-order valence-electron chi connectivity index (χ2n) is 6.43. The van der Waals surface area contributed by atoms with Crippen LogP contribution in [0.5, 0.6) is 5.75 Å². The average Bonchev–Trinajstić information content (AvgIpc) is 2.66. The number of hydrogen-bond donors (Lipinski definition) is 0. The van der Waals surface area contributed by atoms with Gasteiger partial charge in [-0.25, -0.2) is 0 Å². The van der Waals surface area contributed by atoms with Crippen molar-refractivity contribution in [1.82, 2.24) is 0 Å². The van der Waals surface area contributed by atoms with Crippen molar-refractivity contribution in [3.8, 4) is 5.75 Å². The maximum Gasteiger partial charge on any atom is 0.416 e. The molecular formula is C21H22F3NO3. The van der Waals surface area contributed by atoms with Crippen LogP contribution in [0.3, 0.4) is 0 Å². The van der Waals surface area contributed by atoms with Crippen LogP contribution in [0.2, 0.25) is 0 Å². The van der Waals surface area contributed by atoms with Crippen molar-refractivity contribution in [1.29, 1.82) is 0 Å². The van der Waals surface area contributed by atoms with E-state index in [1.165, 1.54) is 19.1 Å². The third-order valence-electron chi connectivity index (χ3n) is 4.11. The number of rotatable bonds is 9. The van der Waals surface area contributed by atoms with Crippen LogP contribution in [0.4, 0.5) is 13.2 Å². The van der Waals surface area contributed by atoms with Crippen molar-refractivity contribution in [3.63, 3.8) is 0 Å². The van der Waals surface area contributed by atoms with Gasteiger partial charge in [-0.2, -0.15) is 13.2 Å². The van der Waals surface area contributed by atoms with Gasteiger partial charge in [0.2, 0.25) is 0 Å². The van der Waals surface area contributed by atoms with Crippen molar-refractivity contribution in [2.24, 2.45) is 11.1 Å². The maximum atomic E-state index is 12.5. The number of Topliss-reactive ketones (excluding diaryl/α,β-unsaturated/α-hetero) is 1. The molecule has 0 N–H and O–H groups in total. The molecule has 0 fully saturated rings. The Bertz CT molecular complexity index is 784. The van der Waals surface area contributed by atoms with Gasteiger partial charge in [-0.1, -0.05) is 36.3 Å². The Balaban J connectivity index is 1.73. The summed E-state index contributed by atoms with van der Waals surface area (Å²) in [6, 6.07) is 12.2. The van der Waals surface area contributed by atoms with E-state index in [1.54, 1.807) is 6.21 Å². The molecule has 150 valence electrons. The molecule has 0 bridgehead atoms. The van der Waals surface area contributed by atoms with Crippen molar-refractivity contribution in [3.05, 3.63) is 65.2 Å². The second-order valence-corrected chi connectivity index (χ2v) is 6.43. The summed E-state index contributed by atoms with van der Waals surface area (Å²) < 4.78 is 43.0. The van der Waals surface area contributed by atoms with Gasteiger partial charge in [0.05, 0.1) is 12.2 Å². The quantitative estimate of drug-likeness (QED) is 0.442. The molecule has 0 spiro atoms. The minimum Gasteiger partial charge on any atom is -0.493 e. The summed E-state index contributed by atoms with van der Waals surface area (Å²) in [4.78, 5) is 16.3. The van der Waals surface area contributed by atoms with Gasteiger partial charge in [0.1, 0.15) is 18.1 Å². The van der Waals surface area contributed by atoms with Gasteiger partial charge in [0.25, 0.3) is 0 Å². The monoisotopic (exact) mass is 393 g/mol. The number of ether oxygens (including phenoxy) is 1. The van der Waals surface area contributed by atoms with Crippen LogP contribution < -0.4 is 4.74 Å². The molecule has 2 rings (SSSR count). The summed E-state index contributed by atoms with van der Waals surface area (Å²) in [6.07, 6.45) is -2.22. The summed E-state index contributed by atoms with van der Waals surface area (Å²) in [5, 5.41) is 3.82. The van der Waals surface area contributed by atoms with E-state index >= 15 is 0 Å². The van der Waals surface area contributed by atoms with Crippen LogP contribution in [-0.4, -0.2) is 18.6 Å². The zero-order valence-corrected chi connectivity index (χ0v) is 15.7. The molecule has 7 heteroatoms. The predicted octanol–water partition coefficient (Wildman–Crippen LogP) is 5.05. The first-order valence-electron chi connectivity index (χ1n) is 8.78. The molecule has 28 heavy (non-hydrogen) atoms. The number of alkyl halides is 3. The normalized spacial score (nSPS) is 12.8. The number of benzene rings is 2. The van der Waals surface area contributed by atoms with E-state index < -0.39 is 11.7 Å². The molecule has 4 nitrogen and oxygen atoms in total. The minimum atomic E-state index is -4.34. The van der Waals surface area contributed by atoms with Crippen LogP contribution in [0, 0.1) is 5.92 Å². The first kappa shape index (κ1) is 21.5. The lowest BCUT2D eigenvalue weighted by molar-refractivity contribution is -0.137. The standard InChI is InChI=1S/C21H22F3NO3/c1-15(16(2)26)13-27-20-9-5-17(6-10-20)11-12-25-28-14-18-3-7-19(8-4-18)21(22,23)24/h3-10,12,15H,11,13-14H2,1-2H3. The highest BCUT2D eigenvalue weighted by molar-refractivity contribution is 5.78. The molecular weight excluding hydrogens is 371 g/mol. The number of carbonyl (C=O) groups is 1. The van der Waals surface area contributed by atoms with Crippen LogP contribution in [-0.2, 0) is 28.8 Å². The summed E-state index contributed by atoms with van der Waals surface area (Å²) in [5.41, 5.74) is 0.906. The number of oxime groups is 1. The number of ketones is 1. The van der Waals surface area contributed by atoms with E-state index in [2.05, 4.69) is 5.16 Å². The molecule has 1 atom stereocenters. The molecule has 0 aliphatic carbocycles. The molecule has 2 aromatic carbocycles. The molecule has 0 amide bonds. The van der Waals surface area contributed by atoms with E-state index in [0.717, 1.165) is 17.7 Å². The molecule has 0 aliphatic heterocycles. The Labute approximate surface area is 162 Å². The van der Waals surface area contributed by atoms with Crippen LogP contribution in [0.25, 0.3) is 0 Å². The molecule has 1 unspecified atom stereocenters. The third kappa shape index (κ3) is 7.06. The molecule has 0 saturated carbocycles. The number of nitrogens with zero attached hydrogens (tertiary/aromatic N) is 1. The van der Waals surface area contributed by atoms with Gasteiger partial charge in [0, 0.05) is 18.6 Å². The lowest BCUT2D eigenvalue weighted by Gasteiger charge is -2.10. The van der Waals surface area contributed by atoms with Gasteiger partial charge >= 0.3 is 6.18 Å². The van der Waals surface area contributed by atoms with E-state index in [4.69, 9.17) is 9.57 Å². The first-order chi connectivity index (χ1) is 13.3. The number of halogens is 3. The maximum absolute atomic E-state index is 12.5. The lowest BCUT2D eigenvalue weighted by Crippen LogP contribution is -2.15. The van der Waals surface area contributed by atoms with Crippen molar-refractivity contribution < 1.29 is 27.5 Å². The Morgan fingerprint density at radius 3 is 2.25 bits per heavy atom. The lowest BCUT2D eigenvalue weighted by atomic mass is 10.1. The van der Waals surface area contributed by atoms with Crippen molar-refractivity contribution in [2.75, 3.05) is 6.61 Å². The fourth-order valence-corrected chi connectivity index (χ4v) is 2.16. The Hall–Kier alpha value is -2.83. The summed E-state index contributed by atoms with van der Waals surface area (Å²) >= 11 is 0. The third-order valence-corrected chi connectivity index (χ3v) is 4.11. The Morgan fingerprint density at radius 1 is 1.07 bits per heavy atom. The zero-order valence-electron chi connectivity index (χ0n) is 15.7. The van der Waals surface area contributed by atoms with E-state index in [0.29, 0.717) is 24.3 Å². The fraction of sp³-hybridized carbons (Fsp3) is 0.333. The van der Waals surface area contributed by atoms with Gasteiger partial charge < -0.3 is 9.57 Å². The molecule has 0 radical (unpaired) electrons. The summed E-state index contributed by atoms with van der Waals surface area (Å²) in [6.45, 7) is 3.79. The fourth-order valence-electron chi connectivity index (χ4n) is 2.16. The first-order valence-corrected chi connectivity index (χ1v) is 8.78. The van der Waals surface area contributed by atoms with Crippen molar-refractivity contribution in [2.45, 2.75) is 33.1 Å². The zero-order chi connectivity index (χ0) is 20.6. The summed E-state index contributed by atoms with van der Waals surface area (Å²) in [7, 11) is 0. The molecule has 0 saturated heterocycles. The van der Waals surface area contributed by atoms with Gasteiger partial charge in [-0.05, 0) is 42.3 Å². The SMILES string of the molecule is CC(=O)C(C)COc1ccc(CC=NOCc2ccc(C(F)(F)F)cc2)cc1. The molecule has 0 aliphatic rings. The van der Waals surface area contributed by atoms with Gasteiger partial charge in [-0.15, -0.1) is 0 Å². The highest BCUT2D eigenvalue weighted by atomic mass is 19.4. The predicted molar refractivity (Wildman–Crippen MR) is 100 cm³/mol. The van der Waals surface area contributed by atoms with Crippen LogP contribution >= 0.6 is 0 Å².